The lowest BCUT2D eigenvalue weighted by Crippen LogP contribution is -2.21. The van der Waals surface area contributed by atoms with Gasteiger partial charge in [0.05, 0.1) is 6.04 Å². The fourth-order valence-electron chi connectivity index (χ4n) is 2.14. The molecule has 5 heteroatoms. The van der Waals surface area contributed by atoms with Crippen molar-refractivity contribution in [1.82, 2.24) is 15.5 Å². The van der Waals surface area contributed by atoms with Gasteiger partial charge in [0.2, 0.25) is 0 Å². The first kappa shape index (κ1) is 10.0. The zero-order valence-corrected chi connectivity index (χ0v) is 9.12. The second-order valence-electron chi connectivity index (χ2n) is 4.07. The van der Waals surface area contributed by atoms with Gasteiger partial charge in [-0.05, 0) is 24.6 Å². The molecule has 0 aliphatic carbocycles. The summed E-state index contributed by atoms with van der Waals surface area (Å²) in [5.41, 5.74) is 2.98. The van der Waals surface area contributed by atoms with E-state index in [-0.39, 0.29) is 17.8 Å². The fraction of sp³-hybridized carbons (Fsp3) is 0.167. The highest BCUT2D eigenvalue weighted by molar-refractivity contribution is 5.98. The molecule has 2 aromatic rings. The molecule has 1 aromatic heterocycles. The number of hydrogen-bond acceptors (Lipinski definition) is 2. The van der Waals surface area contributed by atoms with Crippen molar-refractivity contribution in [3.8, 4) is 0 Å². The van der Waals surface area contributed by atoms with Gasteiger partial charge in [-0.1, -0.05) is 12.1 Å². The Kier molecular flexibility index (Phi) is 2.01. The average Bonchev–Trinajstić information content (AvgIpc) is 2.83. The summed E-state index contributed by atoms with van der Waals surface area (Å²) in [6, 6.07) is 5.87. The van der Waals surface area contributed by atoms with Crippen LogP contribution in [-0.4, -0.2) is 16.1 Å². The van der Waals surface area contributed by atoms with Crippen LogP contribution in [0.25, 0.3) is 0 Å². The highest BCUT2D eigenvalue weighted by Crippen LogP contribution is 2.31. The minimum absolute atomic E-state index is 0.196. The van der Waals surface area contributed by atoms with E-state index in [4.69, 9.17) is 0 Å². The van der Waals surface area contributed by atoms with Crippen molar-refractivity contribution in [2.24, 2.45) is 0 Å². The molecule has 17 heavy (non-hydrogen) atoms. The fourth-order valence-corrected chi connectivity index (χ4v) is 2.14. The zero-order valence-electron chi connectivity index (χ0n) is 9.12. The van der Waals surface area contributed by atoms with Crippen molar-refractivity contribution in [1.29, 1.82) is 0 Å². The molecule has 0 saturated carbocycles. The molecule has 0 spiro atoms. The Bertz CT molecular complexity index is 588. The second-order valence-corrected chi connectivity index (χ2v) is 4.07. The van der Waals surface area contributed by atoms with Crippen LogP contribution in [0.3, 0.4) is 0 Å². The van der Waals surface area contributed by atoms with Crippen LogP contribution in [-0.2, 0) is 0 Å². The molecule has 0 saturated heterocycles. The number of nitrogens with one attached hydrogen (secondary N) is 2. The molecular formula is C12H10FN3O. The molecule has 86 valence electrons. The number of amides is 1. The number of benzene rings is 1. The van der Waals surface area contributed by atoms with E-state index in [0.717, 1.165) is 16.8 Å². The molecule has 2 heterocycles. The number of nitrogens with zero attached hydrogens (tertiary/aromatic N) is 1. The molecule has 1 aliphatic rings. The third-order valence-corrected chi connectivity index (χ3v) is 2.98. The van der Waals surface area contributed by atoms with E-state index in [2.05, 4.69) is 15.5 Å². The SMILES string of the molecule is Cc1[nH]nc2c1C(c1ccc(F)cc1)NC2=O. The lowest BCUT2D eigenvalue weighted by atomic mass is 10.0. The Morgan fingerprint density at radius 3 is 2.71 bits per heavy atom. The van der Waals surface area contributed by atoms with Gasteiger partial charge in [-0.15, -0.1) is 0 Å². The van der Waals surface area contributed by atoms with Gasteiger partial charge >= 0.3 is 0 Å². The molecule has 0 fully saturated rings. The smallest absolute Gasteiger partial charge is 0.272 e. The first-order chi connectivity index (χ1) is 8.16. The van der Waals surface area contributed by atoms with Crippen LogP contribution in [0.5, 0.6) is 0 Å². The molecule has 0 bridgehead atoms. The monoisotopic (exact) mass is 231 g/mol. The Hall–Kier alpha value is -2.17. The van der Waals surface area contributed by atoms with E-state index in [0.29, 0.717) is 5.69 Å². The highest BCUT2D eigenvalue weighted by Gasteiger charge is 2.33. The van der Waals surface area contributed by atoms with E-state index in [1.165, 1.54) is 12.1 Å². The summed E-state index contributed by atoms with van der Waals surface area (Å²) in [5, 5.41) is 9.59. The molecule has 2 N–H and O–H groups in total. The Morgan fingerprint density at radius 2 is 2.00 bits per heavy atom. The van der Waals surface area contributed by atoms with E-state index in [1.54, 1.807) is 12.1 Å². The first-order valence-corrected chi connectivity index (χ1v) is 5.28. The van der Waals surface area contributed by atoms with Gasteiger partial charge in [-0.25, -0.2) is 4.39 Å². The molecule has 0 radical (unpaired) electrons. The Morgan fingerprint density at radius 1 is 1.29 bits per heavy atom. The van der Waals surface area contributed by atoms with Gasteiger partial charge in [0.15, 0.2) is 5.69 Å². The van der Waals surface area contributed by atoms with Crippen molar-refractivity contribution < 1.29 is 9.18 Å². The molecule has 1 amide bonds. The number of rotatable bonds is 1. The lowest BCUT2D eigenvalue weighted by Gasteiger charge is -2.12. The summed E-state index contributed by atoms with van der Waals surface area (Å²) < 4.78 is 12.9. The van der Waals surface area contributed by atoms with Crippen LogP contribution in [0.2, 0.25) is 0 Å². The predicted octanol–water partition coefficient (Wildman–Crippen LogP) is 1.69. The summed E-state index contributed by atoms with van der Waals surface area (Å²) in [5.74, 6) is -0.485. The van der Waals surface area contributed by atoms with Gasteiger partial charge < -0.3 is 5.32 Å². The molecule has 1 atom stereocenters. The molecule has 1 aliphatic heterocycles. The van der Waals surface area contributed by atoms with Crippen LogP contribution in [0.4, 0.5) is 4.39 Å². The standard InChI is InChI=1S/C12H10FN3O/c1-6-9-10(7-2-4-8(13)5-3-7)14-12(17)11(9)16-15-6/h2-5,10H,1H3,(H,14,17)(H,15,16). The van der Waals surface area contributed by atoms with E-state index in [9.17, 15) is 9.18 Å². The van der Waals surface area contributed by atoms with Gasteiger partial charge in [-0.3, -0.25) is 9.89 Å². The van der Waals surface area contributed by atoms with E-state index in [1.807, 2.05) is 6.92 Å². The van der Waals surface area contributed by atoms with E-state index >= 15 is 0 Å². The number of halogens is 1. The van der Waals surface area contributed by atoms with Crippen LogP contribution >= 0.6 is 0 Å². The van der Waals surface area contributed by atoms with Gasteiger partial charge in [0.25, 0.3) is 5.91 Å². The number of carbonyl (C=O) groups excluding carboxylic acids is 1. The number of hydrogen-bond donors (Lipinski definition) is 2. The first-order valence-electron chi connectivity index (χ1n) is 5.28. The van der Waals surface area contributed by atoms with Crippen molar-refractivity contribution in [3.05, 3.63) is 52.6 Å². The minimum Gasteiger partial charge on any atom is -0.340 e. The number of carbonyl (C=O) groups is 1. The van der Waals surface area contributed by atoms with Crippen LogP contribution in [0.15, 0.2) is 24.3 Å². The molecule has 1 unspecified atom stereocenters. The number of H-pyrrole nitrogens is 1. The van der Waals surface area contributed by atoms with Gasteiger partial charge in [0.1, 0.15) is 5.82 Å². The van der Waals surface area contributed by atoms with E-state index < -0.39 is 0 Å². The summed E-state index contributed by atoms with van der Waals surface area (Å²) in [6.45, 7) is 1.86. The summed E-state index contributed by atoms with van der Waals surface area (Å²) in [4.78, 5) is 11.7. The van der Waals surface area contributed by atoms with Crippen LogP contribution in [0, 0.1) is 12.7 Å². The third kappa shape index (κ3) is 1.43. The maximum Gasteiger partial charge on any atom is 0.272 e. The summed E-state index contributed by atoms with van der Waals surface area (Å²) in [6.07, 6.45) is 0. The maximum absolute atomic E-state index is 12.9. The van der Waals surface area contributed by atoms with Crippen molar-refractivity contribution in [2.45, 2.75) is 13.0 Å². The quantitative estimate of drug-likeness (QED) is 0.784. The summed E-state index contributed by atoms with van der Waals surface area (Å²) in [7, 11) is 0. The van der Waals surface area contributed by atoms with Gasteiger partial charge in [-0.2, -0.15) is 5.10 Å². The highest BCUT2D eigenvalue weighted by atomic mass is 19.1. The number of aromatic amines is 1. The normalized spacial score (nSPS) is 18.0. The van der Waals surface area contributed by atoms with Crippen LogP contribution < -0.4 is 5.32 Å². The maximum atomic E-state index is 12.9. The minimum atomic E-state index is -0.290. The van der Waals surface area contributed by atoms with Crippen molar-refractivity contribution in [3.63, 3.8) is 0 Å². The largest absolute Gasteiger partial charge is 0.340 e. The third-order valence-electron chi connectivity index (χ3n) is 2.98. The Labute approximate surface area is 96.9 Å². The predicted molar refractivity (Wildman–Crippen MR) is 59.0 cm³/mol. The number of aryl methyl sites for hydroxylation is 1. The van der Waals surface area contributed by atoms with Crippen molar-refractivity contribution in [2.75, 3.05) is 0 Å². The number of fused-ring (bicyclic) bond motifs is 1. The molecule has 3 rings (SSSR count). The topological polar surface area (TPSA) is 57.8 Å². The molecule has 1 aromatic carbocycles. The molecular weight excluding hydrogens is 221 g/mol. The van der Waals surface area contributed by atoms with Gasteiger partial charge in [0, 0.05) is 11.3 Å². The number of aromatic nitrogens is 2. The van der Waals surface area contributed by atoms with Crippen molar-refractivity contribution >= 4 is 5.91 Å². The Balaban J connectivity index is 2.09. The molecule has 4 nitrogen and oxygen atoms in total. The average molecular weight is 231 g/mol. The second kappa shape index (κ2) is 3.41. The zero-order chi connectivity index (χ0) is 12.0. The lowest BCUT2D eigenvalue weighted by molar-refractivity contribution is 0.0955. The van der Waals surface area contributed by atoms with Crippen LogP contribution in [0.1, 0.15) is 33.4 Å². The summed E-state index contributed by atoms with van der Waals surface area (Å²) >= 11 is 0.